The molecule has 622 valence electrons. The van der Waals surface area contributed by atoms with E-state index in [0.29, 0.717) is 19.3 Å². The maximum absolute atomic E-state index is 13.0. The predicted molar refractivity (Wildman–Crippen MR) is 454 cm³/mol. The first-order valence-corrected chi connectivity index (χ1v) is 45.4. The van der Waals surface area contributed by atoms with Gasteiger partial charge in [0, 0.05) is 19.3 Å². The van der Waals surface area contributed by atoms with Crippen molar-refractivity contribution in [2.45, 2.75) is 347 Å². The Labute approximate surface area is 662 Å². The number of phosphoric ester groups is 2. The van der Waals surface area contributed by atoms with E-state index >= 15 is 0 Å². The fourth-order valence-corrected chi connectivity index (χ4v) is 12.7. The van der Waals surface area contributed by atoms with Gasteiger partial charge in [0.05, 0.1) is 26.4 Å². The van der Waals surface area contributed by atoms with Crippen LogP contribution in [0.5, 0.6) is 0 Å². The second-order valence-electron chi connectivity index (χ2n) is 27.8. The van der Waals surface area contributed by atoms with Crippen molar-refractivity contribution in [2.75, 3.05) is 39.6 Å². The molecule has 0 aliphatic heterocycles. The van der Waals surface area contributed by atoms with Gasteiger partial charge in [0.25, 0.3) is 0 Å². The summed E-state index contributed by atoms with van der Waals surface area (Å²) in [5.74, 6) is -1.61. The van der Waals surface area contributed by atoms with Gasteiger partial charge in [-0.1, -0.05) is 332 Å². The molecule has 5 atom stereocenters. The fourth-order valence-electron chi connectivity index (χ4n) is 11.1. The summed E-state index contributed by atoms with van der Waals surface area (Å²) in [6, 6.07) is 0. The van der Waals surface area contributed by atoms with Crippen LogP contribution >= 0.6 is 15.6 Å². The summed E-state index contributed by atoms with van der Waals surface area (Å²) < 4.78 is 61.2. The third-order valence-corrected chi connectivity index (χ3v) is 19.3. The van der Waals surface area contributed by atoms with E-state index in [2.05, 4.69) is 191 Å². The van der Waals surface area contributed by atoms with Gasteiger partial charge in [-0.15, -0.1) is 0 Å². The van der Waals surface area contributed by atoms with Crippen LogP contribution in [0.1, 0.15) is 329 Å². The molecule has 16 nitrogen and oxygen atoms in total. The molecule has 5 unspecified atom stereocenters. The van der Waals surface area contributed by atoms with Gasteiger partial charge < -0.3 is 34.2 Å². The van der Waals surface area contributed by atoms with Gasteiger partial charge in [-0.05, 0) is 148 Å². The Kier molecular flexibility index (Phi) is 78.5. The molecule has 0 rings (SSSR count). The van der Waals surface area contributed by atoms with Crippen LogP contribution in [0.3, 0.4) is 0 Å². The molecule has 18 heteroatoms. The van der Waals surface area contributed by atoms with Crippen molar-refractivity contribution in [3.63, 3.8) is 0 Å². The van der Waals surface area contributed by atoms with Crippen molar-refractivity contribution in [3.05, 3.63) is 170 Å². The molecule has 109 heavy (non-hydrogen) atoms. The topological polar surface area (TPSA) is 231 Å². The first-order chi connectivity index (χ1) is 53.2. The Morgan fingerprint density at radius 3 is 0.725 bits per heavy atom. The smallest absolute Gasteiger partial charge is 0.463 e. The Balaban J connectivity index is 4.46. The minimum absolute atomic E-state index is 0.0781. The second kappa shape index (κ2) is 82.4. The molecule has 0 saturated heterocycles. The van der Waals surface area contributed by atoms with Gasteiger partial charge >= 0.3 is 33.6 Å². The zero-order valence-corrected chi connectivity index (χ0v) is 70.0. The first-order valence-electron chi connectivity index (χ1n) is 42.4. The van der Waals surface area contributed by atoms with Crippen molar-refractivity contribution in [2.24, 2.45) is 0 Å². The maximum Gasteiger partial charge on any atom is 0.472 e. The Hall–Kier alpha value is -5.09. The molecule has 0 amide bonds. The average molecular weight is 1560 g/mol. The lowest BCUT2D eigenvalue weighted by Gasteiger charge is -2.21. The molecule has 0 heterocycles. The normalized spacial score (nSPS) is 14.7. The Morgan fingerprint density at radius 2 is 0.459 bits per heavy atom. The number of allylic oxidation sites excluding steroid dienone is 28. The Bertz CT molecular complexity index is 2660. The SMILES string of the molecule is CC/C=C\C/C=C\C/C=C\C/C=C\C/C=C\C/C=C\CCCCCCCCCCCCCCCCCCC(=O)OCC(O)COP(=O)(O)OCC(O)COP(=O)(O)OCC(COC(=O)CCCCCCCCC/C=C\C/C=C\C/C=C\C/C=C\C/C=C\CC)OC(=O)CCCCCCC/C=C\C/C=C\C/C=C\CC. The quantitative estimate of drug-likeness (QED) is 0.0146. The largest absolute Gasteiger partial charge is 0.472 e. The highest BCUT2D eigenvalue weighted by Gasteiger charge is 2.29. The highest BCUT2D eigenvalue weighted by atomic mass is 31.2. The number of carbonyl (C=O) groups is 3. The van der Waals surface area contributed by atoms with Crippen molar-refractivity contribution in [1.29, 1.82) is 0 Å². The molecule has 0 fully saturated rings. The van der Waals surface area contributed by atoms with Crippen LogP contribution in [0.2, 0.25) is 0 Å². The van der Waals surface area contributed by atoms with E-state index in [0.717, 1.165) is 186 Å². The van der Waals surface area contributed by atoms with Crippen molar-refractivity contribution < 1.29 is 75.8 Å². The van der Waals surface area contributed by atoms with Gasteiger partial charge in [-0.3, -0.25) is 32.5 Å². The third kappa shape index (κ3) is 83.7. The Morgan fingerprint density at radius 1 is 0.257 bits per heavy atom. The molecular weight excluding hydrogens is 1410 g/mol. The molecule has 0 aromatic rings. The van der Waals surface area contributed by atoms with E-state index < -0.39 is 91.5 Å². The zero-order chi connectivity index (χ0) is 79.4. The fraction of sp³-hybridized carbons (Fsp3) is 0.659. The molecule has 0 bridgehead atoms. The van der Waals surface area contributed by atoms with Crippen LogP contribution in [0.25, 0.3) is 0 Å². The molecule has 0 aromatic carbocycles. The van der Waals surface area contributed by atoms with E-state index in [1.54, 1.807) is 0 Å². The third-order valence-electron chi connectivity index (χ3n) is 17.4. The summed E-state index contributed by atoms with van der Waals surface area (Å²) >= 11 is 0. The minimum Gasteiger partial charge on any atom is -0.463 e. The lowest BCUT2D eigenvalue weighted by Crippen LogP contribution is -2.30. The number of aliphatic hydroxyl groups is 2. The van der Waals surface area contributed by atoms with Crippen LogP contribution in [0.15, 0.2) is 170 Å². The molecule has 0 saturated carbocycles. The van der Waals surface area contributed by atoms with Crippen LogP contribution in [0.4, 0.5) is 0 Å². The van der Waals surface area contributed by atoms with E-state index in [9.17, 15) is 43.5 Å². The summed E-state index contributed by atoms with van der Waals surface area (Å²) in [6.45, 7) is 2.32. The lowest BCUT2D eigenvalue weighted by atomic mass is 10.0. The van der Waals surface area contributed by atoms with E-state index in [1.807, 2.05) is 0 Å². The highest BCUT2D eigenvalue weighted by Crippen LogP contribution is 2.45. The van der Waals surface area contributed by atoms with Gasteiger partial charge in [0.1, 0.15) is 25.4 Å². The summed E-state index contributed by atoms with van der Waals surface area (Å²) in [6.07, 6.45) is 106. The van der Waals surface area contributed by atoms with Crippen LogP contribution in [-0.2, 0) is 55.8 Å². The summed E-state index contributed by atoms with van der Waals surface area (Å²) in [5.41, 5.74) is 0. The molecule has 0 aromatic heterocycles. The molecule has 0 aliphatic rings. The number of unbranched alkanes of at least 4 members (excludes halogenated alkanes) is 28. The second-order valence-corrected chi connectivity index (χ2v) is 30.7. The van der Waals surface area contributed by atoms with Crippen LogP contribution in [-0.4, -0.2) is 95.9 Å². The summed E-state index contributed by atoms with van der Waals surface area (Å²) in [5, 5.41) is 20.7. The number of ether oxygens (including phenoxy) is 3. The van der Waals surface area contributed by atoms with Crippen LogP contribution in [0, 0.1) is 0 Å². The van der Waals surface area contributed by atoms with Crippen molar-refractivity contribution >= 4 is 33.6 Å². The molecule has 0 aliphatic carbocycles. The number of hydrogen-bond donors (Lipinski definition) is 4. The molecule has 0 spiro atoms. The van der Waals surface area contributed by atoms with Crippen molar-refractivity contribution in [1.82, 2.24) is 0 Å². The number of aliphatic hydroxyl groups excluding tert-OH is 2. The summed E-state index contributed by atoms with van der Waals surface area (Å²) in [7, 11) is -9.81. The molecule has 4 N–H and O–H groups in total. The number of hydrogen-bond acceptors (Lipinski definition) is 14. The number of rotatable bonds is 79. The average Bonchev–Trinajstić information content (AvgIpc) is 0.902. The number of esters is 3. The maximum atomic E-state index is 13.0. The van der Waals surface area contributed by atoms with Gasteiger partial charge in [-0.25, -0.2) is 9.13 Å². The van der Waals surface area contributed by atoms with Gasteiger partial charge in [0.2, 0.25) is 0 Å². The zero-order valence-electron chi connectivity index (χ0n) is 68.2. The van der Waals surface area contributed by atoms with E-state index in [-0.39, 0.29) is 19.3 Å². The van der Waals surface area contributed by atoms with Gasteiger partial charge in [-0.2, -0.15) is 0 Å². The summed E-state index contributed by atoms with van der Waals surface area (Å²) in [4.78, 5) is 58.7. The lowest BCUT2D eigenvalue weighted by molar-refractivity contribution is -0.161. The van der Waals surface area contributed by atoms with Crippen molar-refractivity contribution in [3.8, 4) is 0 Å². The van der Waals surface area contributed by atoms with Gasteiger partial charge in [0.15, 0.2) is 6.10 Å². The van der Waals surface area contributed by atoms with E-state index in [4.69, 9.17) is 32.3 Å². The van der Waals surface area contributed by atoms with E-state index in [1.165, 1.54) is 83.5 Å². The highest BCUT2D eigenvalue weighted by molar-refractivity contribution is 7.47. The standard InChI is InChI=1S/C91H152O16P2/c1-4-7-10-13-16-19-22-25-28-30-32-34-36-37-38-39-40-41-42-43-44-45-46-47-49-51-52-54-57-59-62-65-68-71-74-77-89(94)101-80-86(92)81-103-108(97,98)104-82-87(93)83-105-109(99,100)106-85-88(107-91(96)79-76-73-70-67-64-61-56-27-24-21-18-15-12-9-6-3)84-102-90(95)78-75-72-69-66-63-60-58-55-53-50-48-35-33-31-29-26-23-20-17-14-11-8-5-2/h7-12,16-21,25-29,32-35,37-38,40-41,50,53,56,86-88,92-93H,4-6,13-15,22-24,30-31,36,39,42-49,51-52,54-55,57-85H2,1-3H3,(H,97,98)(H,99,100)/b10-7-,11-8-,12-9-,19-16-,20-17-,21-18-,28-25-,29-26-,34-32-,35-33-,38-37-,41-40-,53-50-,56-27-. The first kappa shape index (κ1) is 104. The van der Waals surface area contributed by atoms with Crippen LogP contribution < -0.4 is 0 Å². The number of carbonyl (C=O) groups excluding carboxylic acids is 3. The monoisotopic (exact) mass is 1560 g/mol. The molecular formula is C91H152O16P2. The molecule has 0 radical (unpaired) electrons. The predicted octanol–water partition coefficient (Wildman–Crippen LogP) is 25.5. The number of phosphoric acid groups is 2. The minimum atomic E-state index is -4.94.